The van der Waals surface area contributed by atoms with Gasteiger partial charge in [0.05, 0.1) is 13.2 Å². The highest BCUT2D eigenvalue weighted by Gasteiger charge is 2.21. The Labute approximate surface area is 184 Å². The van der Waals surface area contributed by atoms with E-state index in [-0.39, 0.29) is 5.97 Å². The average molecular weight is 429 g/mol. The molecule has 0 spiro atoms. The zero-order valence-corrected chi connectivity index (χ0v) is 18.5. The predicted molar refractivity (Wildman–Crippen MR) is 120 cm³/mol. The first kappa shape index (κ1) is 25.9. The van der Waals surface area contributed by atoms with E-state index >= 15 is 0 Å². The van der Waals surface area contributed by atoms with Gasteiger partial charge in [-0.3, -0.25) is 0 Å². The summed E-state index contributed by atoms with van der Waals surface area (Å²) >= 11 is 0. The van der Waals surface area contributed by atoms with E-state index in [0.29, 0.717) is 31.8 Å². The van der Waals surface area contributed by atoms with Crippen molar-refractivity contribution in [2.24, 2.45) is 0 Å². The quantitative estimate of drug-likeness (QED) is 0.416. The number of esters is 1. The highest BCUT2D eigenvalue weighted by Crippen LogP contribution is 2.24. The minimum atomic E-state index is -0.950. The van der Waals surface area contributed by atoms with Crippen molar-refractivity contribution in [2.75, 3.05) is 13.7 Å². The predicted octanol–water partition coefficient (Wildman–Crippen LogP) is 4.60. The zero-order valence-electron chi connectivity index (χ0n) is 18.5. The Morgan fingerprint density at radius 2 is 1.81 bits per heavy atom. The van der Waals surface area contributed by atoms with Crippen molar-refractivity contribution in [1.82, 2.24) is 0 Å². The van der Waals surface area contributed by atoms with Gasteiger partial charge in [-0.15, -0.1) is 0 Å². The molecule has 1 N–H and O–H groups in total. The van der Waals surface area contributed by atoms with Gasteiger partial charge in [0.2, 0.25) is 0 Å². The lowest BCUT2D eigenvalue weighted by atomic mass is 10.1. The van der Waals surface area contributed by atoms with Crippen LogP contribution in [0.15, 0.2) is 61.2 Å². The van der Waals surface area contributed by atoms with Gasteiger partial charge < -0.3 is 19.3 Å². The Bertz CT molecular complexity index is 816. The first-order valence-electron chi connectivity index (χ1n) is 10.3. The lowest BCUT2D eigenvalue weighted by Gasteiger charge is -2.18. The number of carbonyl (C=O) groups excluding carboxylic acids is 1. The van der Waals surface area contributed by atoms with E-state index in [1.54, 1.807) is 14.0 Å². The number of rotatable bonds is 11. The maximum absolute atomic E-state index is 11.6. The van der Waals surface area contributed by atoms with Crippen molar-refractivity contribution in [3.05, 3.63) is 77.9 Å². The normalized spacial score (nSPS) is 10.9. The molecule has 31 heavy (non-hydrogen) atoms. The van der Waals surface area contributed by atoms with Crippen molar-refractivity contribution in [3.63, 3.8) is 0 Å². The van der Waals surface area contributed by atoms with Gasteiger partial charge in [0.1, 0.15) is 5.75 Å². The standard InChI is InChI=1S/C20H24O4.C5H8O2/c1-3-15-9-11-18(17(13-15)14-23-2)24-19(20(21)22)12-10-16-7-5-4-6-8-16;1-3-5(6)7-4-2/h4-9,11,13,19H,3,10,12,14H2,1-2H3,(H,21,22);3H,1,4H2,2H3. The fourth-order valence-corrected chi connectivity index (χ4v) is 2.77. The third kappa shape index (κ3) is 9.96. The van der Waals surface area contributed by atoms with E-state index in [0.717, 1.165) is 23.6 Å². The summed E-state index contributed by atoms with van der Waals surface area (Å²) in [5, 5.41) is 9.48. The maximum atomic E-state index is 11.6. The van der Waals surface area contributed by atoms with Crippen molar-refractivity contribution in [1.29, 1.82) is 0 Å². The Morgan fingerprint density at radius 3 is 2.32 bits per heavy atom. The summed E-state index contributed by atoms with van der Waals surface area (Å²) in [7, 11) is 1.62. The molecule has 1 unspecified atom stereocenters. The second kappa shape index (κ2) is 14.8. The number of carbonyl (C=O) groups is 2. The number of carboxylic acids is 1. The molecule has 6 heteroatoms. The minimum Gasteiger partial charge on any atom is -0.479 e. The van der Waals surface area contributed by atoms with Crippen LogP contribution in [0, 0.1) is 0 Å². The zero-order chi connectivity index (χ0) is 23.1. The van der Waals surface area contributed by atoms with E-state index in [4.69, 9.17) is 9.47 Å². The molecule has 1 atom stereocenters. The van der Waals surface area contributed by atoms with Crippen LogP contribution in [0.5, 0.6) is 5.75 Å². The molecule has 2 rings (SSSR count). The molecule has 0 aliphatic rings. The third-order valence-electron chi connectivity index (χ3n) is 4.37. The van der Waals surface area contributed by atoms with E-state index in [2.05, 4.69) is 18.2 Å². The molecule has 0 aliphatic heterocycles. The van der Waals surface area contributed by atoms with E-state index in [1.165, 1.54) is 5.56 Å². The number of ether oxygens (including phenoxy) is 3. The van der Waals surface area contributed by atoms with Crippen LogP contribution in [0.25, 0.3) is 0 Å². The average Bonchev–Trinajstić information content (AvgIpc) is 2.78. The topological polar surface area (TPSA) is 82.1 Å². The first-order chi connectivity index (χ1) is 14.9. The van der Waals surface area contributed by atoms with Gasteiger partial charge in [0, 0.05) is 18.7 Å². The van der Waals surface area contributed by atoms with Gasteiger partial charge in [-0.1, -0.05) is 49.9 Å². The molecule has 0 fully saturated rings. The highest BCUT2D eigenvalue weighted by molar-refractivity contribution is 5.81. The number of hydrogen-bond donors (Lipinski definition) is 1. The molecule has 0 bridgehead atoms. The fourth-order valence-electron chi connectivity index (χ4n) is 2.77. The van der Waals surface area contributed by atoms with Gasteiger partial charge in [0.25, 0.3) is 0 Å². The summed E-state index contributed by atoms with van der Waals surface area (Å²) < 4.78 is 15.4. The number of benzene rings is 2. The largest absolute Gasteiger partial charge is 0.479 e. The van der Waals surface area contributed by atoms with Gasteiger partial charge in [0.15, 0.2) is 6.10 Å². The number of carboxylic acid groups (broad SMARTS) is 1. The van der Waals surface area contributed by atoms with Crippen molar-refractivity contribution >= 4 is 11.9 Å². The van der Waals surface area contributed by atoms with Crippen LogP contribution in [0.4, 0.5) is 0 Å². The smallest absolute Gasteiger partial charge is 0.344 e. The molecule has 168 valence electrons. The lowest BCUT2D eigenvalue weighted by Crippen LogP contribution is -2.28. The molecule has 0 heterocycles. The van der Waals surface area contributed by atoms with Crippen LogP contribution in [-0.2, 0) is 38.5 Å². The number of aryl methyl sites for hydroxylation is 2. The van der Waals surface area contributed by atoms with E-state index in [1.807, 2.05) is 48.5 Å². The molecule has 0 saturated heterocycles. The van der Waals surface area contributed by atoms with Gasteiger partial charge >= 0.3 is 11.9 Å². The summed E-state index contributed by atoms with van der Waals surface area (Å²) in [6, 6.07) is 15.6. The van der Waals surface area contributed by atoms with Crippen LogP contribution >= 0.6 is 0 Å². The summed E-state index contributed by atoms with van der Waals surface area (Å²) in [5.41, 5.74) is 3.15. The summed E-state index contributed by atoms with van der Waals surface area (Å²) in [6.45, 7) is 7.85. The van der Waals surface area contributed by atoms with Crippen molar-refractivity contribution in [2.45, 2.75) is 45.8 Å². The van der Waals surface area contributed by atoms with Crippen LogP contribution in [0.3, 0.4) is 0 Å². The molecule has 0 saturated carbocycles. The second-order valence-electron chi connectivity index (χ2n) is 6.65. The molecular weight excluding hydrogens is 396 g/mol. The number of aliphatic carboxylic acids is 1. The Kier molecular flexibility index (Phi) is 12.4. The Morgan fingerprint density at radius 1 is 1.10 bits per heavy atom. The maximum Gasteiger partial charge on any atom is 0.344 e. The SMILES string of the molecule is C=CC(=O)OCC.CCc1ccc(OC(CCc2ccccc2)C(=O)O)c(COC)c1. The van der Waals surface area contributed by atoms with E-state index < -0.39 is 12.1 Å². The molecule has 2 aromatic rings. The monoisotopic (exact) mass is 428 g/mol. The van der Waals surface area contributed by atoms with Crippen LogP contribution < -0.4 is 4.74 Å². The molecule has 2 aromatic carbocycles. The molecule has 0 aromatic heterocycles. The second-order valence-corrected chi connectivity index (χ2v) is 6.65. The Hall–Kier alpha value is -3.12. The summed E-state index contributed by atoms with van der Waals surface area (Å²) in [5.74, 6) is -0.731. The van der Waals surface area contributed by atoms with Crippen LogP contribution in [0.2, 0.25) is 0 Å². The lowest BCUT2D eigenvalue weighted by molar-refractivity contribution is -0.145. The van der Waals surface area contributed by atoms with Crippen LogP contribution in [0.1, 0.15) is 37.0 Å². The fraction of sp³-hybridized carbons (Fsp3) is 0.360. The summed E-state index contributed by atoms with van der Waals surface area (Å²) in [6.07, 6.45) is 2.25. The van der Waals surface area contributed by atoms with Crippen molar-refractivity contribution in [3.8, 4) is 5.75 Å². The number of methoxy groups -OCH3 is 1. The third-order valence-corrected chi connectivity index (χ3v) is 4.37. The highest BCUT2D eigenvalue weighted by atomic mass is 16.5. The minimum absolute atomic E-state index is 0.359. The summed E-state index contributed by atoms with van der Waals surface area (Å²) in [4.78, 5) is 21.6. The van der Waals surface area contributed by atoms with E-state index in [9.17, 15) is 14.7 Å². The molecule has 0 amide bonds. The number of hydrogen-bond acceptors (Lipinski definition) is 5. The molecule has 0 radical (unpaired) electrons. The van der Waals surface area contributed by atoms with Crippen LogP contribution in [-0.4, -0.2) is 36.9 Å². The van der Waals surface area contributed by atoms with Crippen molar-refractivity contribution < 1.29 is 28.9 Å². The van der Waals surface area contributed by atoms with Gasteiger partial charge in [-0.05, 0) is 49.4 Å². The van der Waals surface area contributed by atoms with Gasteiger partial charge in [-0.25, -0.2) is 9.59 Å². The first-order valence-corrected chi connectivity index (χ1v) is 10.3. The molecule has 6 nitrogen and oxygen atoms in total. The molecular formula is C25H32O6. The molecule has 0 aliphatic carbocycles. The van der Waals surface area contributed by atoms with Gasteiger partial charge in [-0.2, -0.15) is 0 Å². The Balaban J connectivity index is 0.000000592.